The molecular formula is C41H79NO5. The molecular weight excluding hydrogens is 586 g/mol. The smallest absolute Gasteiger partial charge is 0.306 e. The number of carbonyl (C=O) groups excluding carboxylic acids is 3. The second-order valence-electron chi connectivity index (χ2n) is 14.1. The van der Waals surface area contributed by atoms with Gasteiger partial charge in [-0.15, -0.1) is 0 Å². The van der Waals surface area contributed by atoms with E-state index in [9.17, 15) is 14.4 Å². The quantitative estimate of drug-likeness (QED) is 0.0532. The van der Waals surface area contributed by atoms with Crippen molar-refractivity contribution in [2.24, 2.45) is 5.92 Å². The van der Waals surface area contributed by atoms with Gasteiger partial charge in [-0.25, -0.2) is 0 Å². The van der Waals surface area contributed by atoms with Crippen LogP contribution < -0.4 is 5.32 Å². The van der Waals surface area contributed by atoms with Gasteiger partial charge in [0.25, 0.3) is 0 Å². The molecule has 0 aromatic carbocycles. The number of amides is 1. The molecule has 0 aliphatic carbocycles. The molecule has 1 atom stereocenters. The van der Waals surface area contributed by atoms with Crippen LogP contribution in [0.25, 0.3) is 0 Å². The highest BCUT2D eigenvalue weighted by Gasteiger charge is 2.16. The predicted octanol–water partition coefficient (Wildman–Crippen LogP) is 12.0. The summed E-state index contributed by atoms with van der Waals surface area (Å²) in [7, 11) is 0. The average molecular weight is 666 g/mol. The molecule has 278 valence electrons. The molecule has 6 nitrogen and oxygen atoms in total. The summed E-state index contributed by atoms with van der Waals surface area (Å²) in [4.78, 5) is 37.3. The van der Waals surface area contributed by atoms with Gasteiger partial charge in [0.05, 0.1) is 6.61 Å². The molecule has 0 bridgehead atoms. The maximum Gasteiger partial charge on any atom is 0.306 e. The van der Waals surface area contributed by atoms with Crippen molar-refractivity contribution in [1.82, 2.24) is 5.32 Å². The number of esters is 2. The van der Waals surface area contributed by atoms with E-state index in [1.807, 2.05) is 0 Å². The van der Waals surface area contributed by atoms with Crippen molar-refractivity contribution in [3.63, 3.8) is 0 Å². The Labute approximate surface area is 292 Å². The number of unbranched alkanes of at least 4 members (excludes halogenated alkanes) is 20. The van der Waals surface area contributed by atoms with Gasteiger partial charge >= 0.3 is 11.9 Å². The average Bonchev–Trinajstić information content (AvgIpc) is 3.06. The summed E-state index contributed by atoms with van der Waals surface area (Å²) >= 11 is 0. The van der Waals surface area contributed by atoms with Gasteiger partial charge in [0, 0.05) is 31.7 Å². The highest BCUT2D eigenvalue weighted by Crippen LogP contribution is 2.18. The third-order valence-electron chi connectivity index (χ3n) is 9.47. The van der Waals surface area contributed by atoms with Crippen LogP contribution in [0, 0.1) is 5.92 Å². The summed E-state index contributed by atoms with van der Waals surface area (Å²) in [5, 5.41) is 3.03. The van der Waals surface area contributed by atoms with Crippen molar-refractivity contribution in [3.8, 4) is 0 Å². The Morgan fingerprint density at radius 1 is 0.489 bits per heavy atom. The molecule has 0 heterocycles. The maximum atomic E-state index is 12.6. The number of hydrogen-bond donors (Lipinski definition) is 1. The SMILES string of the molecule is CCCCCCCCCCCCCC(=O)NCC(CC)COC(=O)CCCC(=O)OC(CCCCCCCC)CCCCCCCC. The zero-order chi connectivity index (χ0) is 34.6. The summed E-state index contributed by atoms with van der Waals surface area (Å²) in [6.45, 7) is 9.62. The van der Waals surface area contributed by atoms with Crippen molar-refractivity contribution in [3.05, 3.63) is 0 Å². The lowest BCUT2D eigenvalue weighted by Gasteiger charge is -2.18. The second kappa shape index (κ2) is 35.7. The second-order valence-corrected chi connectivity index (χ2v) is 14.1. The Morgan fingerprint density at radius 2 is 0.915 bits per heavy atom. The summed E-state index contributed by atoms with van der Waals surface area (Å²) in [6.07, 6.45) is 33.1. The first-order valence-electron chi connectivity index (χ1n) is 20.6. The molecule has 0 aliphatic rings. The Kier molecular flexibility index (Phi) is 34.5. The lowest BCUT2D eigenvalue weighted by atomic mass is 10.0. The third kappa shape index (κ3) is 32.7. The summed E-state index contributed by atoms with van der Waals surface area (Å²) in [5.41, 5.74) is 0. The molecule has 0 saturated heterocycles. The first-order chi connectivity index (χ1) is 23.0. The fourth-order valence-electron chi connectivity index (χ4n) is 6.09. The number of rotatable bonds is 36. The van der Waals surface area contributed by atoms with Crippen molar-refractivity contribution in [2.75, 3.05) is 13.2 Å². The standard InChI is InChI=1S/C41H79NO5/c1-5-9-12-15-18-19-20-21-22-25-28-32-39(43)42-35-37(8-4)36-46-40(44)33-29-34-41(45)47-38(30-26-23-16-13-10-6-2)31-27-24-17-14-11-7-3/h37-38H,5-36H2,1-4H3,(H,42,43). The third-order valence-corrected chi connectivity index (χ3v) is 9.47. The Morgan fingerprint density at radius 3 is 1.38 bits per heavy atom. The van der Waals surface area contributed by atoms with E-state index in [1.165, 1.54) is 122 Å². The molecule has 0 rings (SSSR count). The van der Waals surface area contributed by atoms with Crippen LogP contribution in [0.5, 0.6) is 0 Å². The predicted molar refractivity (Wildman–Crippen MR) is 199 cm³/mol. The van der Waals surface area contributed by atoms with Gasteiger partial charge < -0.3 is 14.8 Å². The largest absolute Gasteiger partial charge is 0.465 e. The van der Waals surface area contributed by atoms with Gasteiger partial charge in [-0.2, -0.15) is 0 Å². The van der Waals surface area contributed by atoms with Crippen LogP contribution in [0.2, 0.25) is 0 Å². The molecule has 0 aliphatic heterocycles. The molecule has 0 saturated carbocycles. The molecule has 1 N–H and O–H groups in total. The number of hydrogen-bond acceptors (Lipinski definition) is 5. The summed E-state index contributed by atoms with van der Waals surface area (Å²) < 4.78 is 11.4. The van der Waals surface area contributed by atoms with E-state index < -0.39 is 0 Å². The van der Waals surface area contributed by atoms with Crippen LogP contribution >= 0.6 is 0 Å². The van der Waals surface area contributed by atoms with E-state index in [4.69, 9.17) is 9.47 Å². The van der Waals surface area contributed by atoms with Crippen LogP contribution in [-0.2, 0) is 23.9 Å². The van der Waals surface area contributed by atoms with Crippen molar-refractivity contribution in [1.29, 1.82) is 0 Å². The van der Waals surface area contributed by atoms with Crippen molar-refractivity contribution in [2.45, 2.75) is 226 Å². The lowest BCUT2D eigenvalue weighted by Crippen LogP contribution is -2.31. The first kappa shape index (κ1) is 45.4. The highest BCUT2D eigenvalue weighted by atomic mass is 16.5. The van der Waals surface area contributed by atoms with Gasteiger partial charge in [-0.3, -0.25) is 14.4 Å². The van der Waals surface area contributed by atoms with E-state index in [-0.39, 0.29) is 42.7 Å². The number of carbonyl (C=O) groups is 3. The monoisotopic (exact) mass is 666 g/mol. The molecule has 0 spiro atoms. The molecule has 1 unspecified atom stereocenters. The Bertz CT molecular complexity index is 696. The fourth-order valence-corrected chi connectivity index (χ4v) is 6.09. The normalized spacial score (nSPS) is 11.9. The Balaban J connectivity index is 4.10. The molecule has 0 fully saturated rings. The fraction of sp³-hybridized carbons (Fsp3) is 0.927. The van der Waals surface area contributed by atoms with E-state index in [1.54, 1.807) is 0 Å². The van der Waals surface area contributed by atoms with Crippen molar-refractivity contribution >= 4 is 17.8 Å². The van der Waals surface area contributed by atoms with Gasteiger partial charge in [0.15, 0.2) is 0 Å². The first-order valence-corrected chi connectivity index (χ1v) is 20.6. The van der Waals surface area contributed by atoms with E-state index in [0.29, 0.717) is 26.0 Å². The topological polar surface area (TPSA) is 81.7 Å². The van der Waals surface area contributed by atoms with Gasteiger partial charge in [0.1, 0.15) is 6.10 Å². The van der Waals surface area contributed by atoms with Gasteiger partial charge in [0.2, 0.25) is 5.91 Å². The minimum atomic E-state index is -0.278. The van der Waals surface area contributed by atoms with E-state index in [2.05, 4.69) is 33.0 Å². The molecule has 1 amide bonds. The molecule has 6 heteroatoms. The zero-order valence-electron chi connectivity index (χ0n) is 31.8. The molecule has 47 heavy (non-hydrogen) atoms. The van der Waals surface area contributed by atoms with Crippen LogP contribution in [0.1, 0.15) is 220 Å². The maximum absolute atomic E-state index is 12.6. The highest BCUT2D eigenvalue weighted by molar-refractivity contribution is 5.75. The minimum Gasteiger partial charge on any atom is -0.465 e. The van der Waals surface area contributed by atoms with Gasteiger partial charge in [-0.1, -0.05) is 156 Å². The number of ether oxygens (including phenoxy) is 2. The van der Waals surface area contributed by atoms with Crippen LogP contribution in [0.3, 0.4) is 0 Å². The van der Waals surface area contributed by atoms with Gasteiger partial charge in [-0.05, 0) is 44.9 Å². The lowest BCUT2D eigenvalue weighted by molar-refractivity contribution is -0.150. The number of nitrogens with one attached hydrogen (secondary N) is 1. The van der Waals surface area contributed by atoms with E-state index >= 15 is 0 Å². The molecule has 0 radical (unpaired) electrons. The summed E-state index contributed by atoms with van der Waals surface area (Å²) in [6, 6.07) is 0. The molecule has 0 aromatic heterocycles. The molecule has 0 aromatic rings. The minimum absolute atomic E-state index is 0.00206. The van der Waals surface area contributed by atoms with E-state index in [0.717, 1.165) is 44.9 Å². The van der Waals surface area contributed by atoms with Crippen LogP contribution in [-0.4, -0.2) is 37.1 Å². The van der Waals surface area contributed by atoms with Crippen LogP contribution in [0.4, 0.5) is 0 Å². The zero-order valence-corrected chi connectivity index (χ0v) is 31.8. The summed E-state index contributed by atoms with van der Waals surface area (Å²) in [5.74, 6) is -0.267. The Hall–Kier alpha value is -1.59. The van der Waals surface area contributed by atoms with Crippen molar-refractivity contribution < 1.29 is 23.9 Å². The van der Waals surface area contributed by atoms with Crippen LogP contribution in [0.15, 0.2) is 0 Å².